The third-order valence-electron chi connectivity index (χ3n) is 6.62. The summed E-state index contributed by atoms with van der Waals surface area (Å²) in [6.07, 6.45) is 5.11. The van der Waals surface area contributed by atoms with Crippen LogP contribution in [0.4, 0.5) is 0 Å². The molecule has 1 aromatic heterocycles. The molecule has 1 amide bonds. The van der Waals surface area contributed by atoms with Crippen LogP contribution in [0.1, 0.15) is 24.5 Å². The van der Waals surface area contributed by atoms with Gasteiger partial charge in [0.2, 0.25) is 0 Å². The van der Waals surface area contributed by atoms with Gasteiger partial charge < -0.3 is 4.74 Å². The van der Waals surface area contributed by atoms with Gasteiger partial charge >= 0.3 is 0 Å². The van der Waals surface area contributed by atoms with E-state index in [0.717, 1.165) is 40.2 Å². The summed E-state index contributed by atoms with van der Waals surface area (Å²) < 4.78 is 32.1. The molecule has 7 nitrogen and oxygen atoms in total. The summed E-state index contributed by atoms with van der Waals surface area (Å²) in [7, 11) is -3.14. The van der Waals surface area contributed by atoms with Gasteiger partial charge in [-0.3, -0.25) is 9.69 Å². The van der Waals surface area contributed by atoms with Crippen molar-refractivity contribution in [3.63, 3.8) is 0 Å². The number of amides is 1. The highest BCUT2D eigenvalue weighted by Gasteiger charge is 2.42. The highest BCUT2D eigenvalue weighted by molar-refractivity contribution is 8.26. The van der Waals surface area contributed by atoms with E-state index < -0.39 is 15.9 Å². The molecule has 4 heterocycles. The van der Waals surface area contributed by atoms with Crippen molar-refractivity contribution in [3.05, 3.63) is 70.8 Å². The molecule has 10 heteroatoms. The quantitative estimate of drug-likeness (QED) is 0.364. The van der Waals surface area contributed by atoms with E-state index in [0.29, 0.717) is 15.6 Å². The van der Waals surface area contributed by atoms with Crippen molar-refractivity contribution in [2.24, 2.45) is 0 Å². The van der Waals surface area contributed by atoms with Crippen LogP contribution >= 0.6 is 24.0 Å². The van der Waals surface area contributed by atoms with Gasteiger partial charge in [0.05, 0.1) is 28.1 Å². The third-order valence-corrected chi connectivity index (χ3v) is 9.70. The minimum absolute atomic E-state index is 0.0421. The zero-order chi connectivity index (χ0) is 25.0. The minimum atomic E-state index is -3.14. The number of hydrogen-bond donors (Lipinski definition) is 0. The van der Waals surface area contributed by atoms with E-state index in [4.69, 9.17) is 22.1 Å². The lowest BCUT2D eigenvalue weighted by atomic mass is 10.0. The van der Waals surface area contributed by atoms with Crippen molar-refractivity contribution in [1.82, 2.24) is 14.7 Å². The Morgan fingerprint density at radius 1 is 1.19 bits per heavy atom. The van der Waals surface area contributed by atoms with Gasteiger partial charge in [-0.25, -0.2) is 13.1 Å². The highest BCUT2D eigenvalue weighted by atomic mass is 32.2. The number of para-hydroxylation sites is 1. The van der Waals surface area contributed by atoms with Gasteiger partial charge in [-0.05, 0) is 55.3 Å². The van der Waals surface area contributed by atoms with Crippen molar-refractivity contribution in [3.8, 4) is 22.7 Å². The number of carbonyl (C=O) groups is 1. The Kier molecular flexibility index (Phi) is 5.77. The highest BCUT2D eigenvalue weighted by Crippen LogP contribution is 2.39. The summed E-state index contributed by atoms with van der Waals surface area (Å²) in [5.74, 6) is 0.687. The first-order valence-electron chi connectivity index (χ1n) is 11.7. The molecule has 2 saturated heterocycles. The van der Waals surface area contributed by atoms with E-state index in [2.05, 4.69) is 6.07 Å². The molecule has 2 unspecified atom stereocenters. The fourth-order valence-electron chi connectivity index (χ4n) is 4.91. The molecule has 2 atom stereocenters. The Morgan fingerprint density at radius 3 is 2.75 bits per heavy atom. The van der Waals surface area contributed by atoms with Crippen LogP contribution in [0, 0.1) is 0 Å². The van der Waals surface area contributed by atoms with Crippen LogP contribution < -0.4 is 4.74 Å². The Hall–Kier alpha value is -2.95. The van der Waals surface area contributed by atoms with E-state index in [9.17, 15) is 13.2 Å². The average molecular weight is 538 g/mol. The fourth-order valence-corrected chi connectivity index (χ4v) is 8.01. The zero-order valence-electron chi connectivity index (χ0n) is 19.5. The topological polar surface area (TPSA) is 81.5 Å². The van der Waals surface area contributed by atoms with E-state index in [1.54, 1.807) is 4.68 Å². The summed E-state index contributed by atoms with van der Waals surface area (Å²) >= 11 is 6.70. The van der Waals surface area contributed by atoms with E-state index in [1.807, 2.05) is 61.7 Å². The van der Waals surface area contributed by atoms with Crippen molar-refractivity contribution in [2.45, 2.75) is 31.9 Å². The molecule has 3 aliphatic heterocycles. The molecule has 36 heavy (non-hydrogen) atoms. The van der Waals surface area contributed by atoms with E-state index in [1.165, 1.54) is 16.7 Å². The normalized spacial score (nSPS) is 23.9. The first kappa shape index (κ1) is 23.4. The molecule has 2 fully saturated rings. The monoisotopic (exact) mass is 537 g/mol. The summed E-state index contributed by atoms with van der Waals surface area (Å²) in [5, 5.41) is 4.88. The number of thiocarbonyl (C=S) groups is 1. The zero-order valence-corrected chi connectivity index (χ0v) is 21.9. The van der Waals surface area contributed by atoms with Gasteiger partial charge in [0.1, 0.15) is 21.9 Å². The molecular formula is C26H23N3O4S3. The third kappa shape index (κ3) is 4.27. The molecule has 3 aromatic rings. The first-order valence-corrected chi connectivity index (χ1v) is 14.7. The number of hydrogen-bond acceptors (Lipinski definition) is 7. The predicted octanol–water partition coefficient (Wildman–Crippen LogP) is 4.25. The maximum atomic E-state index is 13.3. The average Bonchev–Trinajstić information content (AvgIpc) is 3.59. The Bertz CT molecular complexity index is 1530. The van der Waals surface area contributed by atoms with Gasteiger partial charge in [-0.2, -0.15) is 5.10 Å². The van der Waals surface area contributed by atoms with Crippen molar-refractivity contribution < 1.29 is 17.9 Å². The van der Waals surface area contributed by atoms with Crippen LogP contribution in [0.5, 0.6) is 5.75 Å². The lowest BCUT2D eigenvalue weighted by molar-refractivity contribution is -0.123. The molecule has 0 aliphatic carbocycles. The molecule has 6 rings (SSSR count). The molecule has 0 saturated carbocycles. The molecule has 0 bridgehead atoms. The predicted molar refractivity (Wildman–Crippen MR) is 145 cm³/mol. The second-order valence-corrected chi connectivity index (χ2v) is 13.2. The molecule has 0 radical (unpaired) electrons. The number of aromatic nitrogens is 2. The second-order valence-electron chi connectivity index (χ2n) is 9.28. The number of nitrogens with zero attached hydrogens (tertiary/aromatic N) is 3. The summed E-state index contributed by atoms with van der Waals surface area (Å²) in [6, 6.07) is 15.4. The number of rotatable bonds is 4. The molecule has 184 valence electrons. The van der Waals surface area contributed by atoms with Gasteiger partial charge in [0.25, 0.3) is 5.91 Å². The number of sulfone groups is 1. The maximum absolute atomic E-state index is 13.3. The maximum Gasteiger partial charge on any atom is 0.266 e. The molecular weight excluding hydrogens is 515 g/mol. The molecule has 2 aromatic carbocycles. The standard InChI is InChI=1S/C26H23N3O4S3/c1-16-11-18-12-17(7-8-22(18)33-16)24-19(14-28(27-24)20-5-3-2-4-6-20)13-23-25(30)29(26(34)35-23)21-9-10-36(31,32)15-21/h2-8,12-14,16,21H,9-11,15H2,1H3. The largest absolute Gasteiger partial charge is 0.490 e. The number of ether oxygens (including phenoxy) is 1. The lowest BCUT2D eigenvalue weighted by Gasteiger charge is -2.20. The van der Waals surface area contributed by atoms with E-state index in [-0.39, 0.29) is 23.5 Å². The smallest absolute Gasteiger partial charge is 0.266 e. The Labute approximate surface area is 219 Å². The van der Waals surface area contributed by atoms with Gasteiger partial charge in [0, 0.05) is 23.7 Å². The minimum Gasteiger partial charge on any atom is -0.490 e. The van der Waals surface area contributed by atoms with E-state index >= 15 is 0 Å². The number of thioether (sulfide) groups is 1. The SMILES string of the molecule is CC1Cc2cc(-c3nn(-c4ccccc4)cc3C=C3SC(=S)N(C4CCS(=O)(=O)C4)C3=O)ccc2O1. The van der Waals surface area contributed by atoms with Crippen molar-refractivity contribution in [1.29, 1.82) is 0 Å². The molecule has 0 N–H and O–H groups in total. The summed E-state index contributed by atoms with van der Waals surface area (Å²) in [4.78, 5) is 15.3. The fraction of sp³-hybridized carbons (Fsp3) is 0.269. The van der Waals surface area contributed by atoms with Crippen LogP contribution in [-0.4, -0.2) is 57.0 Å². The Morgan fingerprint density at radius 2 is 2.00 bits per heavy atom. The number of benzene rings is 2. The van der Waals surface area contributed by atoms with Crippen molar-refractivity contribution >= 4 is 50.1 Å². The second kappa shape index (κ2) is 8.86. The molecule has 0 spiro atoms. The molecule has 3 aliphatic rings. The summed E-state index contributed by atoms with van der Waals surface area (Å²) in [6.45, 7) is 2.05. The van der Waals surface area contributed by atoms with Crippen LogP contribution in [0.2, 0.25) is 0 Å². The van der Waals surface area contributed by atoms with Crippen molar-refractivity contribution in [2.75, 3.05) is 11.5 Å². The Balaban J connectivity index is 1.40. The number of fused-ring (bicyclic) bond motifs is 1. The summed E-state index contributed by atoms with van der Waals surface area (Å²) in [5.41, 5.74) is 4.50. The van der Waals surface area contributed by atoms with Crippen LogP contribution in [0.15, 0.2) is 59.6 Å². The van der Waals surface area contributed by atoms with Crippen LogP contribution in [0.3, 0.4) is 0 Å². The lowest BCUT2D eigenvalue weighted by Crippen LogP contribution is -2.39. The first-order chi connectivity index (χ1) is 17.3. The van der Waals surface area contributed by atoms with Crippen LogP contribution in [0.25, 0.3) is 23.0 Å². The van der Waals surface area contributed by atoms with Gasteiger partial charge in [0.15, 0.2) is 9.84 Å². The van der Waals surface area contributed by atoms with Gasteiger partial charge in [-0.1, -0.05) is 42.2 Å². The number of carbonyl (C=O) groups excluding carboxylic acids is 1. The van der Waals surface area contributed by atoms with Gasteiger partial charge in [-0.15, -0.1) is 0 Å². The van der Waals surface area contributed by atoms with Crippen LogP contribution in [-0.2, 0) is 21.1 Å².